The van der Waals surface area contributed by atoms with Crippen LogP contribution < -0.4 is 10.7 Å². The second-order valence-corrected chi connectivity index (χ2v) is 10.3. The van der Waals surface area contributed by atoms with Crippen LogP contribution in [0.3, 0.4) is 0 Å². The molecule has 0 aliphatic heterocycles. The Bertz CT molecular complexity index is 1230. The first kappa shape index (κ1) is 24.7. The highest BCUT2D eigenvalue weighted by atomic mass is 79.9. The minimum atomic E-state index is -0.878. The zero-order valence-electron chi connectivity index (χ0n) is 19.5. The summed E-state index contributed by atoms with van der Waals surface area (Å²) < 4.78 is 8.09. The minimum Gasteiger partial charge on any atom is -0.458 e. The van der Waals surface area contributed by atoms with E-state index >= 15 is 0 Å². The van der Waals surface area contributed by atoms with Crippen LogP contribution in [0.4, 0.5) is 0 Å². The predicted molar refractivity (Wildman–Crippen MR) is 133 cm³/mol. The van der Waals surface area contributed by atoms with E-state index in [1.54, 1.807) is 33.0 Å². The second-order valence-electron chi connectivity index (χ2n) is 9.38. The van der Waals surface area contributed by atoms with Gasteiger partial charge < -0.3 is 14.6 Å². The van der Waals surface area contributed by atoms with E-state index in [4.69, 9.17) is 4.74 Å². The number of fused-ring (bicyclic) bond motifs is 1. The fourth-order valence-electron chi connectivity index (χ4n) is 3.52. The monoisotopic (exact) mass is 512 g/mol. The van der Waals surface area contributed by atoms with Crippen LogP contribution in [0.25, 0.3) is 10.9 Å². The van der Waals surface area contributed by atoms with E-state index in [0.29, 0.717) is 11.9 Å². The molecule has 33 heavy (non-hydrogen) atoms. The number of carbonyl (C=O) groups is 2. The van der Waals surface area contributed by atoms with Gasteiger partial charge in [0, 0.05) is 22.6 Å². The van der Waals surface area contributed by atoms with Gasteiger partial charge in [0.2, 0.25) is 5.43 Å². The number of aromatic nitrogens is 1. The summed E-state index contributed by atoms with van der Waals surface area (Å²) in [4.78, 5) is 39.2. The fourth-order valence-corrected chi connectivity index (χ4v) is 3.89. The van der Waals surface area contributed by atoms with E-state index in [1.165, 1.54) is 0 Å². The lowest BCUT2D eigenvalue weighted by atomic mass is 10.0. The summed E-state index contributed by atoms with van der Waals surface area (Å²) in [5.41, 5.74) is 0.652. The van der Waals surface area contributed by atoms with Crippen molar-refractivity contribution in [2.24, 2.45) is 5.92 Å². The van der Waals surface area contributed by atoms with Gasteiger partial charge in [0.05, 0.1) is 5.52 Å². The predicted octanol–water partition coefficient (Wildman–Crippen LogP) is 4.91. The van der Waals surface area contributed by atoms with Crippen LogP contribution in [-0.4, -0.2) is 28.1 Å². The molecule has 7 heteroatoms. The van der Waals surface area contributed by atoms with Gasteiger partial charge in [-0.25, -0.2) is 4.79 Å². The number of rotatable bonds is 6. The number of amides is 1. The summed E-state index contributed by atoms with van der Waals surface area (Å²) in [6.07, 6.45) is 1.56. The highest BCUT2D eigenvalue weighted by Gasteiger charge is 2.30. The Morgan fingerprint density at radius 1 is 1.09 bits per heavy atom. The van der Waals surface area contributed by atoms with Crippen molar-refractivity contribution < 1.29 is 14.3 Å². The van der Waals surface area contributed by atoms with E-state index in [0.717, 1.165) is 15.6 Å². The van der Waals surface area contributed by atoms with Crippen molar-refractivity contribution >= 4 is 38.7 Å². The lowest BCUT2D eigenvalue weighted by Crippen LogP contribution is -2.48. The Balaban J connectivity index is 2.04. The highest BCUT2D eigenvalue weighted by Crippen LogP contribution is 2.20. The Morgan fingerprint density at radius 3 is 2.36 bits per heavy atom. The topological polar surface area (TPSA) is 77.4 Å². The lowest BCUT2D eigenvalue weighted by Gasteiger charge is -2.26. The number of hydrogen-bond donors (Lipinski definition) is 1. The average Bonchev–Trinajstić information content (AvgIpc) is 2.73. The Labute approximate surface area is 202 Å². The Morgan fingerprint density at radius 2 is 1.76 bits per heavy atom. The van der Waals surface area contributed by atoms with Crippen LogP contribution in [0.15, 0.2) is 64.0 Å². The van der Waals surface area contributed by atoms with Gasteiger partial charge in [-0.2, -0.15) is 0 Å². The number of carbonyl (C=O) groups excluding carboxylic acids is 2. The molecule has 3 rings (SSSR count). The van der Waals surface area contributed by atoms with Crippen LogP contribution in [0.5, 0.6) is 0 Å². The molecule has 0 saturated carbocycles. The third-order valence-electron chi connectivity index (χ3n) is 5.10. The molecule has 0 saturated heterocycles. The molecule has 0 aliphatic carbocycles. The van der Waals surface area contributed by atoms with Crippen LogP contribution >= 0.6 is 15.9 Å². The van der Waals surface area contributed by atoms with E-state index in [2.05, 4.69) is 21.2 Å². The standard InChI is InChI=1S/C26H29BrN2O4/c1-16(2)22(25(32)33-26(3,4)5)28-24(31)20-15-29(14-17-9-7-6-8-10-17)21-12-11-18(27)13-19(21)23(20)30/h6-13,15-16,22H,14H2,1-5H3,(H,28,31)/t22-/m0/s1. The molecule has 3 aromatic rings. The maximum atomic E-state index is 13.3. The molecule has 1 amide bonds. The highest BCUT2D eigenvalue weighted by molar-refractivity contribution is 9.10. The number of nitrogens with zero attached hydrogens (tertiary/aromatic N) is 1. The van der Waals surface area contributed by atoms with Crippen LogP contribution in [0, 0.1) is 5.92 Å². The van der Waals surface area contributed by atoms with Crippen molar-refractivity contribution in [3.05, 3.63) is 80.6 Å². The van der Waals surface area contributed by atoms with Gasteiger partial charge in [-0.1, -0.05) is 60.1 Å². The normalized spacial score (nSPS) is 12.6. The molecule has 1 N–H and O–H groups in total. The number of pyridine rings is 1. The van der Waals surface area contributed by atoms with Gasteiger partial charge >= 0.3 is 5.97 Å². The smallest absolute Gasteiger partial charge is 0.329 e. The number of benzene rings is 2. The summed E-state index contributed by atoms with van der Waals surface area (Å²) >= 11 is 3.42. The largest absolute Gasteiger partial charge is 0.458 e. The first-order valence-corrected chi connectivity index (χ1v) is 11.7. The maximum Gasteiger partial charge on any atom is 0.329 e. The molecule has 0 bridgehead atoms. The van der Waals surface area contributed by atoms with Crippen molar-refractivity contribution in [2.45, 2.75) is 52.8 Å². The van der Waals surface area contributed by atoms with Gasteiger partial charge in [0.1, 0.15) is 17.2 Å². The number of nitrogens with one attached hydrogen (secondary N) is 1. The van der Waals surface area contributed by atoms with Gasteiger partial charge in [0.25, 0.3) is 5.91 Å². The molecule has 1 aromatic heterocycles. The summed E-state index contributed by atoms with van der Waals surface area (Å²) in [6.45, 7) is 9.44. The molecule has 0 aliphatic rings. The average molecular weight is 513 g/mol. The van der Waals surface area contributed by atoms with Gasteiger partial charge in [0.15, 0.2) is 0 Å². The number of halogens is 1. The first-order chi connectivity index (χ1) is 15.5. The number of hydrogen-bond acceptors (Lipinski definition) is 4. The molecule has 0 radical (unpaired) electrons. The van der Waals surface area contributed by atoms with Crippen molar-refractivity contribution in [1.29, 1.82) is 0 Å². The zero-order chi connectivity index (χ0) is 24.3. The lowest BCUT2D eigenvalue weighted by molar-refractivity contribution is -0.158. The van der Waals surface area contributed by atoms with E-state index in [-0.39, 0.29) is 16.9 Å². The molecule has 0 unspecified atom stereocenters. The van der Waals surface area contributed by atoms with Gasteiger partial charge in [-0.3, -0.25) is 9.59 Å². The SMILES string of the molecule is CC(C)[C@H](NC(=O)c1cn(Cc2ccccc2)c2ccc(Br)cc2c1=O)C(=O)OC(C)(C)C. The summed E-state index contributed by atoms with van der Waals surface area (Å²) in [5, 5.41) is 3.15. The van der Waals surface area contributed by atoms with E-state index in [9.17, 15) is 14.4 Å². The number of esters is 1. The van der Waals surface area contributed by atoms with Crippen LogP contribution in [0.2, 0.25) is 0 Å². The van der Waals surface area contributed by atoms with Gasteiger partial charge in [-0.15, -0.1) is 0 Å². The third-order valence-corrected chi connectivity index (χ3v) is 5.59. The quantitative estimate of drug-likeness (QED) is 0.476. The summed E-state index contributed by atoms with van der Waals surface area (Å²) in [7, 11) is 0. The number of ether oxygens (including phenoxy) is 1. The van der Waals surface area contributed by atoms with Crippen molar-refractivity contribution in [3.8, 4) is 0 Å². The molecule has 174 valence electrons. The molecule has 1 heterocycles. The molecule has 6 nitrogen and oxygen atoms in total. The summed E-state index contributed by atoms with van der Waals surface area (Å²) in [5.74, 6) is -1.35. The van der Waals surface area contributed by atoms with Crippen LogP contribution in [0.1, 0.15) is 50.5 Å². The van der Waals surface area contributed by atoms with Crippen molar-refractivity contribution in [2.75, 3.05) is 0 Å². The van der Waals surface area contributed by atoms with Gasteiger partial charge in [-0.05, 0) is 50.5 Å². The van der Waals surface area contributed by atoms with E-state index in [1.807, 2.05) is 60.9 Å². The molecular formula is C26H29BrN2O4. The molecular weight excluding hydrogens is 484 g/mol. The molecule has 0 spiro atoms. The first-order valence-electron chi connectivity index (χ1n) is 10.9. The Kier molecular flexibility index (Phi) is 7.42. The second kappa shape index (κ2) is 9.91. The molecule has 1 atom stereocenters. The minimum absolute atomic E-state index is 0.0225. The third kappa shape index (κ3) is 6.11. The maximum absolute atomic E-state index is 13.3. The molecule has 2 aromatic carbocycles. The molecule has 0 fully saturated rings. The fraction of sp³-hybridized carbons (Fsp3) is 0.346. The Hall–Kier alpha value is -2.93. The summed E-state index contributed by atoms with van der Waals surface area (Å²) in [6, 6.07) is 14.3. The van der Waals surface area contributed by atoms with E-state index < -0.39 is 23.5 Å². The zero-order valence-corrected chi connectivity index (χ0v) is 21.1. The van der Waals surface area contributed by atoms with Crippen molar-refractivity contribution in [3.63, 3.8) is 0 Å². The van der Waals surface area contributed by atoms with Crippen LogP contribution in [-0.2, 0) is 16.1 Å². The van der Waals surface area contributed by atoms with Crippen molar-refractivity contribution in [1.82, 2.24) is 9.88 Å².